The molecule has 8 heteroatoms. The molecule has 0 fully saturated rings. The van der Waals surface area contributed by atoms with Gasteiger partial charge in [0.25, 0.3) is 0 Å². The summed E-state index contributed by atoms with van der Waals surface area (Å²) >= 11 is 0. The molecule has 1 unspecified atom stereocenters. The third-order valence-electron chi connectivity index (χ3n) is 8.98. The topological polar surface area (TPSA) is 106 Å². The maximum Gasteiger partial charge on any atom is 0.243 e. The lowest BCUT2D eigenvalue weighted by molar-refractivity contribution is -0.140. The van der Waals surface area contributed by atoms with Gasteiger partial charge in [-0.05, 0) is 37.8 Å². The van der Waals surface area contributed by atoms with E-state index >= 15 is 0 Å². The number of ether oxygens (including phenoxy) is 2. The van der Waals surface area contributed by atoms with Crippen LogP contribution in [0.4, 0.5) is 0 Å². The van der Waals surface area contributed by atoms with Gasteiger partial charge >= 0.3 is 0 Å². The molecule has 2 aromatic carbocycles. The predicted octanol–water partition coefficient (Wildman–Crippen LogP) is 8.22. The summed E-state index contributed by atoms with van der Waals surface area (Å²) in [5.41, 5.74) is 1.88. The molecule has 0 aromatic heterocycles. The molecule has 0 bridgehead atoms. The molecule has 0 aliphatic heterocycles. The molecular formula is C42H67N3O5. The lowest BCUT2D eigenvalue weighted by Gasteiger charge is -2.24. The van der Waals surface area contributed by atoms with Crippen molar-refractivity contribution in [2.24, 2.45) is 0 Å². The summed E-state index contributed by atoms with van der Waals surface area (Å²) < 4.78 is 11.2. The van der Waals surface area contributed by atoms with Crippen LogP contribution in [0.15, 0.2) is 60.7 Å². The monoisotopic (exact) mass is 694 g/mol. The smallest absolute Gasteiger partial charge is 0.243 e. The Kier molecular flexibility index (Phi) is 24.4. The quantitative estimate of drug-likeness (QED) is 0.0565. The Morgan fingerprint density at radius 2 is 1.02 bits per heavy atom. The van der Waals surface area contributed by atoms with Gasteiger partial charge in [-0.15, -0.1) is 0 Å². The molecule has 0 heterocycles. The van der Waals surface area contributed by atoms with E-state index in [4.69, 9.17) is 9.47 Å². The number of amides is 3. The van der Waals surface area contributed by atoms with E-state index in [1.807, 2.05) is 74.5 Å². The Morgan fingerprint density at radius 1 is 0.560 bits per heavy atom. The number of nitrogens with one attached hydrogen (secondary N) is 3. The predicted molar refractivity (Wildman–Crippen MR) is 204 cm³/mol. The first-order valence-corrected chi connectivity index (χ1v) is 19.6. The van der Waals surface area contributed by atoms with Crippen molar-refractivity contribution in [3.8, 4) is 0 Å². The summed E-state index contributed by atoms with van der Waals surface area (Å²) in [4.78, 5) is 40.3. The maximum atomic E-state index is 13.8. The van der Waals surface area contributed by atoms with Crippen LogP contribution in [0.25, 0.3) is 0 Å². The van der Waals surface area contributed by atoms with Crippen LogP contribution in [0.2, 0.25) is 0 Å². The van der Waals surface area contributed by atoms with Crippen LogP contribution < -0.4 is 16.0 Å². The summed E-state index contributed by atoms with van der Waals surface area (Å²) in [6, 6.07) is 17.7. The van der Waals surface area contributed by atoms with Gasteiger partial charge in [0.05, 0.1) is 0 Å². The fraction of sp³-hybridized carbons (Fsp3) is 0.643. The van der Waals surface area contributed by atoms with E-state index < -0.39 is 12.1 Å². The van der Waals surface area contributed by atoms with Crippen molar-refractivity contribution in [1.29, 1.82) is 0 Å². The van der Waals surface area contributed by atoms with E-state index in [0.717, 1.165) is 30.4 Å². The van der Waals surface area contributed by atoms with Gasteiger partial charge in [-0.1, -0.05) is 145 Å². The van der Waals surface area contributed by atoms with Crippen LogP contribution in [0.5, 0.6) is 0 Å². The molecule has 3 N–H and O–H groups in total. The van der Waals surface area contributed by atoms with Gasteiger partial charge in [-0.3, -0.25) is 14.4 Å². The molecule has 2 aromatic rings. The van der Waals surface area contributed by atoms with Gasteiger partial charge < -0.3 is 25.4 Å². The highest BCUT2D eigenvalue weighted by Gasteiger charge is 2.27. The minimum absolute atomic E-state index is 0.133. The lowest BCUT2D eigenvalue weighted by atomic mass is 10.0. The molecule has 0 spiro atoms. The van der Waals surface area contributed by atoms with Crippen molar-refractivity contribution in [3.05, 3.63) is 71.8 Å². The SMILES string of the molecule is CCCCCCCCCCCCCCCC(=O)NC(Cc1ccccc1)C(=O)N[C@@H](Cc1ccccc1)C(=O)NCCCC(OCC)OCC. The molecule has 0 saturated carbocycles. The zero-order valence-corrected chi connectivity index (χ0v) is 31.4. The van der Waals surface area contributed by atoms with Crippen LogP contribution in [0.1, 0.15) is 135 Å². The number of benzene rings is 2. The van der Waals surface area contributed by atoms with Crippen molar-refractivity contribution < 1.29 is 23.9 Å². The highest BCUT2D eigenvalue weighted by atomic mass is 16.7. The maximum absolute atomic E-state index is 13.8. The standard InChI is InChI=1S/C42H67N3O5/c1-4-7-8-9-10-11-12-13-14-15-16-17-24-30-39(46)44-38(34-36-28-22-19-23-29-36)42(48)45-37(33-35-26-20-18-21-27-35)41(47)43-32-25-31-40(49-5-2)50-6-3/h18-23,26-29,37-38,40H,4-17,24-25,30-34H2,1-3H3,(H,43,47)(H,44,46)(H,45,48)/t37-,38?/m0/s1. The van der Waals surface area contributed by atoms with Crippen LogP contribution >= 0.6 is 0 Å². The second kappa shape index (κ2) is 28.5. The Labute approximate surface area is 303 Å². The van der Waals surface area contributed by atoms with Crippen LogP contribution in [0, 0.1) is 0 Å². The van der Waals surface area contributed by atoms with Gasteiger partial charge in [0, 0.05) is 45.4 Å². The van der Waals surface area contributed by atoms with Crippen molar-refractivity contribution in [3.63, 3.8) is 0 Å². The highest BCUT2D eigenvalue weighted by molar-refractivity contribution is 5.92. The van der Waals surface area contributed by atoms with Gasteiger partial charge in [0.15, 0.2) is 6.29 Å². The molecule has 2 rings (SSSR count). The minimum atomic E-state index is -0.796. The molecule has 0 radical (unpaired) electrons. The number of unbranched alkanes of at least 4 members (excludes halogenated alkanes) is 12. The first-order chi connectivity index (χ1) is 24.5. The number of rotatable bonds is 30. The van der Waals surface area contributed by atoms with Crippen molar-refractivity contribution in [2.45, 2.75) is 155 Å². The van der Waals surface area contributed by atoms with Gasteiger partial charge in [-0.2, -0.15) is 0 Å². The first kappa shape index (κ1) is 42.9. The largest absolute Gasteiger partial charge is 0.354 e. The number of hydrogen-bond acceptors (Lipinski definition) is 5. The van der Waals surface area contributed by atoms with Crippen molar-refractivity contribution in [2.75, 3.05) is 19.8 Å². The zero-order chi connectivity index (χ0) is 36.1. The number of carbonyl (C=O) groups is 3. The highest BCUT2D eigenvalue weighted by Crippen LogP contribution is 2.14. The van der Waals surface area contributed by atoms with E-state index in [1.165, 1.54) is 64.2 Å². The molecule has 0 saturated heterocycles. The van der Waals surface area contributed by atoms with E-state index in [0.29, 0.717) is 51.9 Å². The lowest BCUT2D eigenvalue weighted by Crippen LogP contribution is -2.55. The summed E-state index contributed by atoms with van der Waals surface area (Å²) in [7, 11) is 0. The molecule has 0 aliphatic carbocycles. The second-order valence-corrected chi connectivity index (χ2v) is 13.3. The summed E-state index contributed by atoms with van der Waals surface area (Å²) in [6.07, 6.45) is 18.3. The first-order valence-electron chi connectivity index (χ1n) is 19.6. The van der Waals surface area contributed by atoms with E-state index in [9.17, 15) is 14.4 Å². The van der Waals surface area contributed by atoms with Gasteiger partial charge in [-0.25, -0.2) is 0 Å². The molecule has 2 atom stereocenters. The summed E-state index contributed by atoms with van der Waals surface area (Å²) in [6.45, 7) is 7.66. The Balaban J connectivity index is 1.90. The van der Waals surface area contributed by atoms with E-state index in [-0.39, 0.29) is 24.0 Å². The number of carbonyl (C=O) groups excluding carboxylic acids is 3. The van der Waals surface area contributed by atoms with Gasteiger partial charge in [0.1, 0.15) is 12.1 Å². The fourth-order valence-electron chi connectivity index (χ4n) is 6.15. The normalized spacial score (nSPS) is 12.4. The molecule has 8 nitrogen and oxygen atoms in total. The van der Waals surface area contributed by atoms with Crippen LogP contribution in [-0.4, -0.2) is 55.9 Å². The number of hydrogen-bond donors (Lipinski definition) is 3. The molecular weight excluding hydrogens is 626 g/mol. The van der Waals surface area contributed by atoms with E-state index in [2.05, 4.69) is 22.9 Å². The zero-order valence-electron chi connectivity index (χ0n) is 31.4. The average Bonchev–Trinajstić information content (AvgIpc) is 3.12. The third-order valence-corrected chi connectivity index (χ3v) is 8.98. The van der Waals surface area contributed by atoms with Crippen LogP contribution in [0.3, 0.4) is 0 Å². The van der Waals surface area contributed by atoms with Crippen LogP contribution in [-0.2, 0) is 36.7 Å². The average molecular weight is 694 g/mol. The fourth-order valence-corrected chi connectivity index (χ4v) is 6.15. The minimum Gasteiger partial charge on any atom is -0.354 e. The van der Waals surface area contributed by atoms with Crippen molar-refractivity contribution in [1.82, 2.24) is 16.0 Å². The summed E-state index contributed by atoms with van der Waals surface area (Å²) in [5, 5.41) is 8.97. The summed E-state index contributed by atoms with van der Waals surface area (Å²) in [5.74, 6) is -0.758. The Morgan fingerprint density at radius 3 is 1.50 bits per heavy atom. The van der Waals surface area contributed by atoms with E-state index in [1.54, 1.807) is 0 Å². The second-order valence-electron chi connectivity index (χ2n) is 13.3. The molecule has 0 aliphatic rings. The molecule has 50 heavy (non-hydrogen) atoms. The Bertz CT molecular complexity index is 1140. The third kappa shape index (κ3) is 20.4. The van der Waals surface area contributed by atoms with Gasteiger partial charge in [0.2, 0.25) is 17.7 Å². The van der Waals surface area contributed by atoms with Crippen molar-refractivity contribution >= 4 is 17.7 Å². The Hall–Kier alpha value is -3.23. The molecule has 280 valence electrons. The molecule has 3 amide bonds.